The molecule has 1 aromatic rings. The Morgan fingerprint density at radius 3 is 2.48 bits per heavy atom. The minimum Gasteiger partial charge on any atom is -0.369 e. The van der Waals surface area contributed by atoms with Crippen LogP contribution >= 0.6 is 0 Å². The summed E-state index contributed by atoms with van der Waals surface area (Å²) in [6, 6.07) is 7.82. The molecule has 0 aliphatic heterocycles. The van der Waals surface area contributed by atoms with Crippen LogP contribution in [0.1, 0.15) is 31.4 Å². The van der Waals surface area contributed by atoms with Gasteiger partial charge in [0.05, 0.1) is 6.54 Å². The molecule has 114 valence electrons. The zero-order chi connectivity index (χ0) is 15.9. The first-order valence-electron chi connectivity index (χ1n) is 7.05. The molecular weight excluding hydrogens is 264 g/mol. The molecule has 0 saturated heterocycles. The normalized spacial score (nSPS) is 13.0. The minimum absolute atomic E-state index is 0.0144. The van der Waals surface area contributed by atoms with Gasteiger partial charge >= 0.3 is 0 Å². The van der Waals surface area contributed by atoms with Crippen molar-refractivity contribution in [3.63, 3.8) is 0 Å². The highest BCUT2D eigenvalue weighted by atomic mass is 16.5. The van der Waals surface area contributed by atoms with E-state index >= 15 is 0 Å². The fourth-order valence-corrected chi connectivity index (χ4v) is 1.98. The van der Waals surface area contributed by atoms with E-state index in [4.69, 9.17) is 10.5 Å². The topological polar surface area (TPSA) is 55.6 Å². The molecule has 1 rings (SSSR count). The first kappa shape index (κ1) is 17.2. The van der Waals surface area contributed by atoms with Gasteiger partial charge in [0.1, 0.15) is 5.60 Å². The summed E-state index contributed by atoms with van der Waals surface area (Å²) in [5.74, 6) is 5.78. The number of likely N-dealkylation sites (N-methyl/N-ethyl adjacent to an activating group) is 1. The Balaban J connectivity index is 2.75. The second-order valence-corrected chi connectivity index (χ2v) is 5.15. The lowest BCUT2D eigenvalue weighted by atomic mass is 10.0. The van der Waals surface area contributed by atoms with Gasteiger partial charge in [-0.05, 0) is 31.0 Å². The first-order valence-corrected chi connectivity index (χ1v) is 7.05. The Bertz CT molecular complexity index is 522. The van der Waals surface area contributed by atoms with E-state index in [9.17, 15) is 4.79 Å². The van der Waals surface area contributed by atoms with Crippen molar-refractivity contribution in [2.45, 2.75) is 32.4 Å². The summed E-state index contributed by atoms with van der Waals surface area (Å²) in [4.78, 5) is 14.1. The number of carbonyl (C=O) groups excluding carboxylic acids is 1. The number of carbonyl (C=O) groups is 1. The van der Waals surface area contributed by atoms with E-state index in [1.165, 1.54) is 0 Å². The molecule has 21 heavy (non-hydrogen) atoms. The van der Waals surface area contributed by atoms with Gasteiger partial charge in [0.15, 0.2) is 0 Å². The van der Waals surface area contributed by atoms with Crippen molar-refractivity contribution < 1.29 is 9.53 Å². The monoisotopic (exact) mass is 288 g/mol. The van der Waals surface area contributed by atoms with Crippen molar-refractivity contribution in [1.29, 1.82) is 0 Å². The van der Waals surface area contributed by atoms with Crippen molar-refractivity contribution in [3.8, 4) is 11.8 Å². The number of hydrogen-bond donors (Lipinski definition) is 1. The summed E-state index contributed by atoms with van der Waals surface area (Å²) < 4.78 is 5.35. The van der Waals surface area contributed by atoms with Crippen LogP contribution in [-0.4, -0.2) is 37.1 Å². The molecule has 1 amide bonds. The first-order chi connectivity index (χ1) is 9.96. The standard InChI is InChI=1S/C17H24N2O2/c1-5-17(2,21-4)16(20)19(3)13-15-10-8-14(9-11-15)7-6-12-18/h8-11H,5,12-13,18H2,1-4H3. The number of amides is 1. The van der Waals surface area contributed by atoms with Gasteiger partial charge in [0.2, 0.25) is 0 Å². The fraction of sp³-hybridized carbons (Fsp3) is 0.471. The maximum Gasteiger partial charge on any atom is 0.254 e. The van der Waals surface area contributed by atoms with E-state index < -0.39 is 5.60 Å². The van der Waals surface area contributed by atoms with E-state index in [0.29, 0.717) is 19.5 Å². The second kappa shape index (κ2) is 7.82. The van der Waals surface area contributed by atoms with Crippen LogP contribution in [0.15, 0.2) is 24.3 Å². The Morgan fingerprint density at radius 2 is 2.00 bits per heavy atom. The average molecular weight is 288 g/mol. The molecule has 2 N–H and O–H groups in total. The molecule has 1 atom stereocenters. The lowest BCUT2D eigenvalue weighted by Gasteiger charge is -2.30. The summed E-state index contributed by atoms with van der Waals surface area (Å²) in [6.45, 7) is 4.66. The zero-order valence-corrected chi connectivity index (χ0v) is 13.3. The van der Waals surface area contributed by atoms with Gasteiger partial charge in [-0.3, -0.25) is 4.79 Å². The maximum absolute atomic E-state index is 12.4. The van der Waals surface area contributed by atoms with E-state index in [-0.39, 0.29) is 5.91 Å². The summed E-state index contributed by atoms with van der Waals surface area (Å²) >= 11 is 0. The Morgan fingerprint density at radius 1 is 1.38 bits per heavy atom. The molecule has 1 aromatic carbocycles. The highest BCUT2D eigenvalue weighted by molar-refractivity contribution is 5.84. The van der Waals surface area contributed by atoms with Crippen molar-refractivity contribution in [2.75, 3.05) is 20.7 Å². The quantitative estimate of drug-likeness (QED) is 0.840. The Labute approximate surface area is 127 Å². The summed E-state index contributed by atoms with van der Waals surface area (Å²) in [5.41, 5.74) is 6.56. The molecule has 0 spiro atoms. The van der Waals surface area contributed by atoms with Crippen LogP contribution in [0, 0.1) is 11.8 Å². The molecule has 0 aliphatic rings. The van der Waals surface area contributed by atoms with Gasteiger partial charge in [-0.15, -0.1) is 0 Å². The highest BCUT2D eigenvalue weighted by Gasteiger charge is 2.33. The lowest BCUT2D eigenvalue weighted by Crippen LogP contribution is -2.46. The van der Waals surface area contributed by atoms with E-state index in [1.54, 1.807) is 19.1 Å². The maximum atomic E-state index is 12.4. The molecule has 0 bridgehead atoms. The average Bonchev–Trinajstić information content (AvgIpc) is 2.52. The number of rotatable bonds is 5. The Hall–Kier alpha value is -1.83. The lowest BCUT2D eigenvalue weighted by molar-refractivity contribution is -0.152. The number of benzene rings is 1. The molecule has 0 fully saturated rings. The number of hydrogen-bond acceptors (Lipinski definition) is 3. The molecule has 0 radical (unpaired) electrons. The number of ether oxygens (including phenoxy) is 1. The second-order valence-electron chi connectivity index (χ2n) is 5.15. The zero-order valence-electron chi connectivity index (χ0n) is 13.3. The third-order valence-electron chi connectivity index (χ3n) is 3.63. The predicted molar refractivity (Wildman–Crippen MR) is 84.6 cm³/mol. The van der Waals surface area contributed by atoms with Gasteiger partial charge < -0.3 is 15.4 Å². The van der Waals surface area contributed by atoms with E-state index in [2.05, 4.69) is 11.8 Å². The molecular formula is C17H24N2O2. The van der Waals surface area contributed by atoms with Crippen LogP contribution < -0.4 is 5.73 Å². The molecule has 0 saturated carbocycles. The third-order valence-corrected chi connectivity index (χ3v) is 3.63. The smallest absolute Gasteiger partial charge is 0.254 e. The number of nitrogens with zero attached hydrogens (tertiary/aromatic N) is 1. The number of nitrogens with two attached hydrogens (primary N) is 1. The third kappa shape index (κ3) is 4.59. The van der Waals surface area contributed by atoms with Crippen LogP contribution in [0.5, 0.6) is 0 Å². The minimum atomic E-state index is -0.763. The van der Waals surface area contributed by atoms with Crippen molar-refractivity contribution in [3.05, 3.63) is 35.4 Å². The van der Waals surface area contributed by atoms with E-state index in [1.807, 2.05) is 38.1 Å². The van der Waals surface area contributed by atoms with Gasteiger partial charge in [-0.25, -0.2) is 0 Å². The fourth-order valence-electron chi connectivity index (χ4n) is 1.98. The largest absolute Gasteiger partial charge is 0.369 e. The van der Waals surface area contributed by atoms with Crippen LogP contribution in [-0.2, 0) is 16.1 Å². The molecule has 4 heteroatoms. The SMILES string of the molecule is CCC(C)(OC)C(=O)N(C)Cc1ccc(C#CCN)cc1. The van der Waals surface area contributed by atoms with Crippen LogP contribution in [0.25, 0.3) is 0 Å². The van der Waals surface area contributed by atoms with Gasteiger partial charge in [0, 0.05) is 26.3 Å². The predicted octanol–water partition coefficient (Wildman–Crippen LogP) is 1.77. The van der Waals surface area contributed by atoms with Crippen molar-refractivity contribution >= 4 is 5.91 Å². The van der Waals surface area contributed by atoms with Crippen LogP contribution in [0.2, 0.25) is 0 Å². The summed E-state index contributed by atoms with van der Waals surface area (Å²) in [7, 11) is 3.36. The summed E-state index contributed by atoms with van der Waals surface area (Å²) in [5, 5.41) is 0. The van der Waals surface area contributed by atoms with Gasteiger partial charge in [-0.2, -0.15) is 0 Å². The highest BCUT2D eigenvalue weighted by Crippen LogP contribution is 2.18. The van der Waals surface area contributed by atoms with Gasteiger partial charge in [-0.1, -0.05) is 30.9 Å². The van der Waals surface area contributed by atoms with Crippen LogP contribution in [0.3, 0.4) is 0 Å². The molecule has 0 aliphatic carbocycles. The van der Waals surface area contributed by atoms with Crippen LogP contribution in [0.4, 0.5) is 0 Å². The van der Waals surface area contributed by atoms with Gasteiger partial charge in [0.25, 0.3) is 5.91 Å². The number of methoxy groups -OCH3 is 1. The molecule has 0 aromatic heterocycles. The summed E-state index contributed by atoms with van der Waals surface area (Å²) in [6.07, 6.45) is 0.639. The molecule has 0 heterocycles. The Kier molecular flexibility index (Phi) is 6.41. The molecule has 4 nitrogen and oxygen atoms in total. The van der Waals surface area contributed by atoms with E-state index in [0.717, 1.165) is 11.1 Å². The van der Waals surface area contributed by atoms with Crippen molar-refractivity contribution in [2.24, 2.45) is 5.73 Å². The molecule has 1 unspecified atom stereocenters. The van der Waals surface area contributed by atoms with Crippen molar-refractivity contribution in [1.82, 2.24) is 4.90 Å².